The molecule has 0 N–H and O–H groups in total. The van der Waals surface area contributed by atoms with E-state index in [2.05, 4.69) is 30.2 Å². The molecule has 2 fully saturated rings. The van der Waals surface area contributed by atoms with E-state index in [1.165, 1.54) is 11.1 Å². The van der Waals surface area contributed by atoms with Crippen LogP contribution in [0.2, 0.25) is 0 Å². The van der Waals surface area contributed by atoms with Crippen LogP contribution in [0.3, 0.4) is 0 Å². The molecular weight excluding hydrogens is 342 g/mol. The Morgan fingerprint density at radius 2 is 2.15 bits per heavy atom. The average molecular weight is 367 g/mol. The summed E-state index contributed by atoms with van der Waals surface area (Å²) in [5.74, 6) is 1.48. The van der Waals surface area contributed by atoms with E-state index in [-0.39, 0.29) is 22.9 Å². The van der Waals surface area contributed by atoms with Crippen LogP contribution in [0.15, 0.2) is 24.3 Å². The smallest absolute Gasteiger partial charge is 0.166 e. The first-order valence-electron chi connectivity index (χ1n) is 9.86. The second-order valence-electron chi connectivity index (χ2n) is 8.93. The number of aldehydes is 1. The Hall–Kier alpha value is -1.85. The molecule has 6 atom stereocenters. The Balaban J connectivity index is 1.73. The van der Waals surface area contributed by atoms with E-state index in [1.54, 1.807) is 14.2 Å². The molecule has 1 saturated carbocycles. The van der Waals surface area contributed by atoms with Crippen molar-refractivity contribution in [1.29, 1.82) is 0 Å². The molecule has 0 aromatic heterocycles. The zero-order valence-electron chi connectivity index (χ0n) is 16.0. The number of methoxy groups -OCH3 is 2. The van der Waals surface area contributed by atoms with Crippen LogP contribution in [0, 0.1) is 11.3 Å². The molecule has 1 saturated heterocycles. The lowest BCUT2D eigenvalue weighted by molar-refractivity contribution is -0.209. The van der Waals surface area contributed by atoms with Gasteiger partial charge in [-0.2, -0.15) is 0 Å². The minimum absolute atomic E-state index is 0.0961. The van der Waals surface area contributed by atoms with Gasteiger partial charge in [0, 0.05) is 24.1 Å². The number of nitrogens with zero attached hydrogens (tertiary/aromatic N) is 1. The number of hydrogen-bond donors (Lipinski definition) is 0. The van der Waals surface area contributed by atoms with Crippen molar-refractivity contribution < 1.29 is 19.0 Å². The molecule has 1 aromatic carbocycles. The predicted octanol–water partition coefficient (Wildman–Crippen LogP) is 2.11. The van der Waals surface area contributed by atoms with Crippen LogP contribution in [-0.4, -0.2) is 56.7 Å². The number of hydrogen-bond acceptors (Lipinski definition) is 5. The largest absolute Gasteiger partial charge is 0.493 e. The van der Waals surface area contributed by atoms with Crippen LogP contribution in [-0.2, 0) is 21.4 Å². The minimum Gasteiger partial charge on any atom is -0.493 e. The number of likely N-dealkylation sites (N-methyl/N-ethyl adjacent to an activating group) is 1. The number of fused-ring (bicyclic) bond motifs is 1. The Bertz CT molecular complexity index is 897. The summed E-state index contributed by atoms with van der Waals surface area (Å²) in [4.78, 5) is 14.7. The van der Waals surface area contributed by atoms with Gasteiger partial charge < -0.3 is 23.9 Å². The highest BCUT2D eigenvalue weighted by molar-refractivity contribution is 5.69. The van der Waals surface area contributed by atoms with Gasteiger partial charge in [0.15, 0.2) is 11.5 Å². The highest BCUT2D eigenvalue weighted by Gasteiger charge is 2.79. The minimum atomic E-state index is -0.706. The van der Waals surface area contributed by atoms with Gasteiger partial charge in [0.05, 0.1) is 18.4 Å². The quantitative estimate of drug-likeness (QED) is 0.605. The lowest BCUT2D eigenvalue weighted by Crippen LogP contribution is -2.79. The van der Waals surface area contributed by atoms with E-state index in [0.29, 0.717) is 6.04 Å². The van der Waals surface area contributed by atoms with E-state index >= 15 is 0 Å². The van der Waals surface area contributed by atoms with Gasteiger partial charge in [0.25, 0.3) is 0 Å². The Morgan fingerprint density at radius 1 is 1.30 bits per heavy atom. The molecule has 2 heterocycles. The van der Waals surface area contributed by atoms with Gasteiger partial charge in [-0.1, -0.05) is 18.2 Å². The van der Waals surface area contributed by atoms with Crippen molar-refractivity contribution in [2.45, 2.75) is 42.4 Å². The lowest BCUT2D eigenvalue weighted by atomic mass is 9.37. The fourth-order valence-electron chi connectivity index (χ4n) is 7.41. The van der Waals surface area contributed by atoms with Crippen LogP contribution in [0.5, 0.6) is 11.5 Å². The number of carbonyl (C=O) groups is 1. The molecule has 2 aliphatic heterocycles. The van der Waals surface area contributed by atoms with Crippen molar-refractivity contribution in [3.05, 3.63) is 35.4 Å². The molecular formula is C22H25NO4. The van der Waals surface area contributed by atoms with Crippen molar-refractivity contribution in [1.82, 2.24) is 4.90 Å². The number of rotatable bonds is 3. The van der Waals surface area contributed by atoms with Gasteiger partial charge in [0.1, 0.15) is 18.0 Å². The third-order valence-corrected chi connectivity index (χ3v) is 8.49. The van der Waals surface area contributed by atoms with Crippen LogP contribution >= 0.6 is 0 Å². The van der Waals surface area contributed by atoms with Gasteiger partial charge in [-0.25, -0.2) is 0 Å². The highest BCUT2D eigenvalue weighted by Crippen LogP contribution is 2.74. The summed E-state index contributed by atoms with van der Waals surface area (Å²) in [6, 6.07) is 4.62. The van der Waals surface area contributed by atoms with Crippen molar-refractivity contribution >= 4 is 6.29 Å². The number of carbonyl (C=O) groups excluding carboxylic acids is 1. The predicted molar refractivity (Wildman–Crippen MR) is 99.3 cm³/mol. The van der Waals surface area contributed by atoms with Crippen molar-refractivity contribution in [3.63, 3.8) is 0 Å². The fraction of sp³-hybridized carbons (Fsp3) is 0.591. The zero-order valence-corrected chi connectivity index (χ0v) is 16.0. The lowest BCUT2D eigenvalue weighted by Gasteiger charge is -2.70. The van der Waals surface area contributed by atoms with Gasteiger partial charge in [-0.05, 0) is 44.5 Å². The molecule has 4 aliphatic carbocycles. The van der Waals surface area contributed by atoms with Crippen molar-refractivity contribution in [3.8, 4) is 11.5 Å². The van der Waals surface area contributed by atoms with Gasteiger partial charge >= 0.3 is 0 Å². The maximum absolute atomic E-state index is 12.2. The summed E-state index contributed by atoms with van der Waals surface area (Å²) in [7, 11) is 5.64. The molecule has 2 unspecified atom stereocenters. The average Bonchev–Trinajstić information content (AvgIpc) is 3.07. The van der Waals surface area contributed by atoms with E-state index in [1.807, 2.05) is 6.07 Å². The zero-order chi connectivity index (χ0) is 18.6. The summed E-state index contributed by atoms with van der Waals surface area (Å²) >= 11 is 0. The second kappa shape index (κ2) is 4.76. The molecule has 5 nitrogen and oxygen atoms in total. The van der Waals surface area contributed by atoms with E-state index < -0.39 is 5.60 Å². The molecule has 6 aliphatic rings. The molecule has 4 bridgehead atoms. The van der Waals surface area contributed by atoms with Gasteiger partial charge in [0.2, 0.25) is 0 Å². The summed E-state index contributed by atoms with van der Waals surface area (Å²) in [5.41, 5.74) is 1.74. The number of ether oxygens (including phenoxy) is 3. The maximum Gasteiger partial charge on any atom is 0.166 e. The third-order valence-electron chi connectivity index (χ3n) is 8.49. The van der Waals surface area contributed by atoms with E-state index in [0.717, 1.165) is 43.6 Å². The third kappa shape index (κ3) is 1.43. The Morgan fingerprint density at radius 3 is 2.89 bits per heavy atom. The van der Waals surface area contributed by atoms with Crippen LogP contribution in [0.4, 0.5) is 0 Å². The molecule has 1 aromatic rings. The van der Waals surface area contributed by atoms with Gasteiger partial charge in [-0.3, -0.25) is 0 Å². The topological polar surface area (TPSA) is 48.0 Å². The van der Waals surface area contributed by atoms with Crippen LogP contribution < -0.4 is 9.47 Å². The van der Waals surface area contributed by atoms with Crippen molar-refractivity contribution in [2.75, 3.05) is 27.8 Å². The Kier molecular flexibility index (Phi) is 2.84. The summed E-state index contributed by atoms with van der Waals surface area (Å²) in [6.45, 7) is 1.03. The standard InChI is InChI=1S/C22H25NO4/c1-23-9-8-21-17-13-4-5-15(25-2)18(17)27-19(21)22(26-3)7-6-20(21,16(23)10-13)11-14(22)12-24/h4-7,12,14,16,19H,8-11H2,1-3H3/t14-,16?,19?,20-,21+,22-/m1/s1. The molecule has 27 heavy (non-hydrogen) atoms. The summed E-state index contributed by atoms with van der Waals surface area (Å²) < 4.78 is 18.5. The van der Waals surface area contributed by atoms with Crippen LogP contribution in [0.25, 0.3) is 0 Å². The van der Waals surface area contributed by atoms with Crippen molar-refractivity contribution in [2.24, 2.45) is 11.3 Å². The fourth-order valence-corrected chi connectivity index (χ4v) is 7.41. The molecule has 7 rings (SSSR count). The van der Waals surface area contributed by atoms with Gasteiger partial charge in [-0.15, -0.1) is 0 Å². The Labute approximate surface area is 159 Å². The number of likely N-dealkylation sites (tertiary alicyclic amines) is 1. The molecule has 2 spiro atoms. The summed E-state index contributed by atoms with van der Waals surface area (Å²) in [6.07, 6.45) is 8.25. The van der Waals surface area contributed by atoms with E-state index in [4.69, 9.17) is 14.2 Å². The normalized spacial score (nSPS) is 45.4. The monoisotopic (exact) mass is 367 g/mol. The maximum atomic E-state index is 12.2. The molecule has 0 radical (unpaired) electrons. The number of piperidine rings is 1. The first-order valence-corrected chi connectivity index (χ1v) is 9.86. The number of benzene rings is 1. The molecule has 0 amide bonds. The van der Waals surface area contributed by atoms with E-state index in [9.17, 15) is 4.79 Å². The summed E-state index contributed by atoms with van der Waals surface area (Å²) in [5, 5.41) is 0. The first-order chi connectivity index (χ1) is 13.1. The molecule has 5 heteroatoms. The first kappa shape index (κ1) is 16.1. The second-order valence-corrected chi connectivity index (χ2v) is 8.93. The highest BCUT2D eigenvalue weighted by atomic mass is 16.6. The molecule has 142 valence electrons. The van der Waals surface area contributed by atoms with Crippen LogP contribution in [0.1, 0.15) is 24.0 Å². The SMILES string of the molecule is COc1ccc2c3c1OC1[C@@]4(OC)C=C[C@@]5(C[C@@H]4C=O)C(C2)N(C)CC[C@]315.